The van der Waals surface area contributed by atoms with Crippen molar-refractivity contribution in [2.75, 3.05) is 11.9 Å². The molecule has 0 fully saturated rings. The Kier molecular flexibility index (Phi) is 7.93. The highest BCUT2D eigenvalue weighted by Gasteiger charge is 2.25. The van der Waals surface area contributed by atoms with E-state index in [2.05, 4.69) is 10.3 Å². The number of hydrogen-bond acceptors (Lipinski definition) is 7. The van der Waals surface area contributed by atoms with E-state index in [1.54, 1.807) is 38.1 Å². The topological polar surface area (TPSA) is 107 Å². The van der Waals surface area contributed by atoms with E-state index in [-0.39, 0.29) is 18.3 Å². The molecule has 0 aliphatic rings. The summed E-state index contributed by atoms with van der Waals surface area (Å²) >= 11 is 1.11. The number of ketones is 1. The number of amides is 1. The summed E-state index contributed by atoms with van der Waals surface area (Å²) in [6.45, 7) is 5.19. The normalized spacial score (nSPS) is 11.8. The summed E-state index contributed by atoms with van der Waals surface area (Å²) in [6, 6.07) is 15.5. The average Bonchev–Trinajstić information content (AvgIpc) is 3.23. The molecule has 9 heteroatoms. The molecule has 2 heterocycles. The molecule has 1 N–H and O–H groups in total. The van der Waals surface area contributed by atoms with Gasteiger partial charge in [-0.15, -0.1) is 11.3 Å². The minimum atomic E-state index is -0.808. The first-order valence-electron chi connectivity index (χ1n) is 11.9. The molecule has 37 heavy (non-hydrogen) atoms. The van der Waals surface area contributed by atoms with E-state index in [1.807, 2.05) is 30.3 Å². The summed E-state index contributed by atoms with van der Waals surface area (Å²) in [5.41, 5.74) is 2.22. The Morgan fingerprint density at radius 2 is 1.78 bits per heavy atom. The number of esters is 1. The lowest BCUT2D eigenvalue weighted by Gasteiger charge is -2.17. The lowest BCUT2D eigenvalue weighted by atomic mass is 10.1. The number of anilines is 1. The van der Waals surface area contributed by atoms with Crippen molar-refractivity contribution in [3.63, 3.8) is 0 Å². The fourth-order valence-corrected chi connectivity index (χ4v) is 5.08. The number of aryl methyl sites for hydroxylation is 1. The van der Waals surface area contributed by atoms with Crippen LogP contribution in [0.5, 0.6) is 0 Å². The molecule has 0 saturated carbocycles. The van der Waals surface area contributed by atoms with Gasteiger partial charge < -0.3 is 10.1 Å². The molecule has 190 valence electrons. The number of aromatic nitrogens is 2. The average molecular weight is 518 g/mol. The van der Waals surface area contributed by atoms with Gasteiger partial charge in [-0.25, -0.2) is 9.78 Å². The van der Waals surface area contributed by atoms with Gasteiger partial charge in [-0.2, -0.15) is 0 Å². The van der Waals surface area contributed by atoms with Crippen LogP contribution in [-0.2, 0) is 16.0 Å². The SMILES string of the molecule is CCC(C(=O)Nc1ccc(C(C)=O)cc1)n1cnc2sc(C(=O)OCCc3ccccc3)c(C)c2c1=O. The maximum absolute atomic E-state index is 13.4. The van der Waals surface area contributed by atoms with Gasteiger partial charge in [-0.3, -0.25) is 19.0 Å². The molecule has 0 aliphatic heterocycles. The van der Waals surface area contributed by atoms with Gasteiger partial charge in [0.1, 0.15) is 15.7 Å². The number of hydrogen-bond donors (Lipinski definition) is 1. The number of rotatable bonds is 9. The summed E-state index contributed by atoms with van der Waals surface area (Å²) in [7, 11) is 0. The van der Waals surface area contributed by atoms with Crippen LogP contribution in [0.4, 0.5) is 5.69 Å². The highest BCUT2D eigenvalue weighted by molar-refractivity contribution is 7.20. The summed E-state index contributed by atoms with van der Waals surface area (Å²) < 4.78 is 6.76. The van der Waals surface area contributed by atoms with Crippen LogP contribution in [0, 0.1) is 6.92 Å². The molecular weight excluding hydrogens is 490 g/mol. The van der Waals surface area contributed by atoms with E-state index in [4.69, 9.17) is 4.74 Å². The number of benzene rings is 2. The van der Waals surface area contributed by atoms with Gasteiger partial charge in [0.2, 0.25) is 5.91 Å². The molecule has 8 nitrogen and oxygen atoms in total. The third-order valence-corrected chi connectivity index (χ3v) is 7.29. The standard InChI is InChI=1S/C28H27N3O5S/c1-4-22(25(33)30-21-12-10-20(11-13-21)18(3)32)31-16-29-26-23(27(31)34)17(2)24(37-26)28(35)36-15-14-19-8-6-5-7-9-19/h5-13,16,22H,4,14-15H2,1-3H3,(H,30,33). The molecule has 0 saturated heterocycles. The molecule has 4 aromatic rings. The van der Waals surface area contributed by atoms with Crippen LogP contribution in [0.3, 0.4) is 0 Å². The summed E-state index contributed by atoms with van der Waals surface area (Å²) in [4.78, 5) is 55.8. The van der Waals surface area contributed by atoms with E-state index in [0.717, 1.165) is 16.9 Å². The number of nitrogens with zero attached hydrogens (tertiary/aromatic N) is 2. The lowest BCUT2D eigenvalue weighted by molar-refractivity contribution is -0.119. The van der Waals surface area contributed by atoms with Gasteiger partial charge in [-0.05, 0) is 55.7 Å². The Hall–Kier alpha value is -4.11. The van der Waals surface area contributed by atoms with E-state index in [0.29, 0.717) is 44.7 Å². The van der Waals surface area contributed by atoms with Crippen molar-refractivity contribution in [2.45, 2.75) is 39.7 Å². The number of fused-ring (bicyclic) bond motifs is 1. The number of Topliss-reactive ketones (excluding diaryl/α,β-unsaturated/α-hetero) is 1. The molecule has 4 rings (SSSR count). The number of carbonyl (C=O) groups excluding carboxylic acids is 3. The van der Waals surface area contributed by atoms with Crippen molar-refractivity contribution >= 4 is 44.9 Å². The van der Waals surface area contributed by atoms with E-state index >= 15 is 0 Å². The Labute approximate surface area is 217 Å². The van der Waals surface area contributed by atoms with Crippen LogP contribution in [0.1, 0.15) is 57.5 Å². The molecule has 1 amide bonds. The van der Waals surface area contributed by atoms with Crippen molar-refractivity contribution in [2.24, 2.45) is 0 Å². The van der Waals surface area contributed by atoms with E-state index in [1.165, 1.54) is 17.8 Å². The Bertz CT molecular complexity index is 1510. The lowest BCUT2D eigenvalue weighted by Crippen LogP contribution is -2.33. The van der Waals surface area contributed by atoms with Gasteiger partial charge in [0.25, 0.3) is 5.56 Å². The first-order valence-corrected chi connectivity index (χ1v) is 12.7. The highest BCUT2D eigenvalue weighted by Crippen LogP contribution is 2.28. The number of thiophene rings is 1. The second kappa shape index (κ2) is 11.3. The van der Waals surface area contributed by atoms with Gasteiger partial charge in [-0.1, -0.05) is 37.3 Å². The largest absolute Gasteiger partial charge is 0.461 e. The molecule has 1 unspecified atom stereocenters. The van der Waals surface area contributed by atoms with E-state index in [9.17, 15) is 19.2 Å². The van der Waals surface area contributed by atoms with Crippen LogP contribution >= 0.6 is 11.3 Å². The predicted molar refractivity (Wildman–Crippen MR) is 143 cm³/mol. The van der Waals surface area contributed by atoms with Crippen LogP contribution in [0.15, 0.2) is 65.7 Å². The van der Waals surface area contributed by atoms with E-state index < -0.39 is 17.6 Å². The first kappa shape index (κ1) is 26.0. The maximum Gasteiger partial charge on any atom is 0.348 e. The van der Waals surface area contributed by atoms with Crippen molar-refractivity contribution < 1.29 is 19.1 Å². The van der Waals surface area contributed by atoms with Gasteiger partial charge in [0.15, 0.2) is 5.78 Å². The van der Waals surface area contributed by atoms with Gasteiger partial charge >= 0.3 is 5.97 Å². The van der Waals surface area contributed by atoms with Crippen LogP contribution in [0.2, 0.25) is 0 Å². The molecule has 0 bridgehead atoms. The molecule has 2 aromatic carbocycles. The Balaban J connectivity index is 1.53. The quantitative estimate of drug-likeness (QED) is 0.248. The third kappa shape index (κ3) is 5.67. The Morgan fingerprint density at radius 1 is 1.08 bits per heavy atom. The second-order valence-electron chi connectivity index (χ2n) is 8.61. The van der Waals surface area contributed by atoms with Crippen molar-refractivity contribution in [1.82, 2.24) is 9.55 Å². The number of carbonyl (C=O) groups is 3. The van der Waals surface area contributed by atoms with Crippen LogP contribution in [-0.4, -0.2) is 33.8 Å². The van der Waals surface area contributed by atoms with Crippen molar-refractivity contribution in [3.05, 3.63) is 92.8 Å². The van der Waals surface area contributed by atoms with Gasteiger partial charge in [0.05, 0.1) is 18.3 Å². The molecule has 0 aliphatic carbocycles. The smallest absolute Gasteiger partial charge is 0.348 e. The summed E-state index contributed by atoms with van der Waals surface area (Å²) in [5.74, 6) is -0.947. The zero-order valence-corrected chi connectivity index (χ0v) is 21.6. The minimum absolute atomic E-state index is 0.0687. The van der Waals surface area contributed by atoms with Crippen molar-refractivity contribution in [3.8, 4) is 0 Å². The summed E-state index contributed by atoms with van der Waals surface area (Å²) in [5, 5.41) is 3.10. The highest BCUT2D eigenvalue weighted by atomic mass is 32.1. The number of nitrogens with one attached hydrogen (secondary N) is 1. The van der Waals surface area contributed by atoms with Crippen molar-refractivity contribution in [1.29, 1.82) is 0 Å². The molecule has 1 atom stereocenters. The van der Waals surface area contributed by atoms with Crippen LogP contribution in [0.25, 0.3) is 10.2 Å². The van der Waals surface area contributed by atoms with Crippen LogP contribution < -0.4 is 10.9 Å². The summed E-state index contributed by atoms with van der Waals surface area (Å²) in [6.07, 6.45) is 2.28. The second-order valence-corrected chi connectivity index (χ2v) is 9.61. The predicted octanol–water partition coefficient (Wildman–Crippen LogP) is 4.96. The minimum Gasteiger partial charge on any atom is -0.461 e. The number of ether oxygens (including phenoxy) is 1. The third-order valence-electron chi connectivity index (χ3n) is 6.11. The monoisotopic (exact) mass is 517 g/mol. The molecule has 0 radical (unpaired) electrons. The molecular formula is C28H27N3O5S. The fourth-order valence-electron chi connectivity index (χ4n) is 4.05. The zero-order chi connectivity index (χ0) is 26.5. The maximum atomic E-state index is 13.4. The van der Waals surface area contributed by atoms with Gasteiger partial charge in [0, 0.05) is 17.7 Å². The fraction of sp³-hybridized carbons (Fsp3) is 0.250. The Morgan fingerprint density at radius 3 is 2.43 bits per heavy atom. The molecule has 0 spiro atoms. The molecule has 2 aromatic heterocycles. The first-order chi connectivity index (χ1) is 17.8. The zero-order valence-electron chi connectivity index (χ0n) is 20.8.